The quantitative estimate of drug-likeness (QED) is 0.219. The summed E-state index contributed by atoms with van der Waals surface area (Å²) in [7, 11) is -2.21. The van der Waals surface area contributed by atoms with Crippen molar-refractivity contribution in [2.24, 2.45) is 0 Å². The van der Waals surface area contributed by atoms with E-state index in [2.05, 4.69) is 141 Å². The van der Waals surface area contributed by atoms with Gasteiger partial charge >= 0.3 is 0 Å². The van der Waals surface area contributed by atoms with E-state index in [-0.39, 0.29) is 12.1 Å². The molecule has 9 rings (SSSR count). The molecular weight excluding hydrogens is 565 g/mol. The van der Waals surface area contributed by atoms with Crippen LogP contribution in [0.25, 0.3) is 0 Å². The average Bonchev–Trinajstić information content (AvgIpc) is 3.07. The van der Waals surface area contributed by atoms with E-state index < -0.39 is 8.07 Å². The number of allylic oxidation sites excluding steroid dienone is 2. The Hall–Kier alpha value is -3.73. The minimum atomic E-state index is -2.21. The molecule has 0 aromatic heterocycles. The number of para-hydroxylation sites is 1. The summed E-state index contributed by atoms with van der Waals surface area (Å²) in [4.78, 5) is 5.55. The summed E-state index contributed by atoms with van der Waals surface area (Å²) < 4.78 is 0. The van der Waals surface area contributed by atoms with E-state index in [4.69, 9.17) is 0 Å². The van der Waals surface area contributed by atoms with Crippen LogP contribution in [0.1, 0.15) is 50.7 Å². The van der Waals surface area contributed by atoms with Crippen LogP contribution in [0.15, 0.2) is 131 Å². The molecule has 0 saturated heterocycles. The molecule has 44 heavy (non-hydrogen) atoms. The summed E-state index contributed by atoms with van der Waals surface area (Å²) in [6, 6.07) is 44.5. The van der Waals surface area contributed by atoms with Crippen molar-refractivity contribution in [2.75, 3.05) is 4.90 Å². The van der Waals surface area contributed by atoms with Crippen LogP contribution in [0.2, 0.25) is 6.55 Å². The van der Waals surface area contributed by atoms with E-state index >= 15 is 0 Å². The maximum absolute atomic E-state index is 2.61. The lowest BCUT2D eigenvalue weighted by molar-refractivity contribution is 0.645. The molecule has 5 aromatic rings. The number of nitrogens with zero attached hydrogens (tertiary/aromatic N) is 1. The first-order chi connectivity index (χ1) is 21.5. The fourth-order valence-electron chi connectivity index (χ4n) is 8.90. The van der Waals surface area contributed by atoms with Gasteiger partial charge in [-0.25, -0.2) is 0 Å². The lowest BCUT2D eigenvalue weighted by atomic mass is 9.31. The van der Waals surface area contributed by atoms with Crippen molar-refractivity contribution in [3.05, 3.63) is 137 Å². The minimum absolute atomic E-state index is 0.112. The Morgan fingerprint density at radius 1 is 0.705 bits per heavy atom. The Kier molecular flexibility index (Phi) is 5.84. The van der Waals surface area contributed by atoms with E-state index in [0.717, 1.165) is 6.42 Å². The molecule has 0 fully saturated rings. The summed E-state index contributed by atoms with van der Waals surface area (Å²) in [6.07, 6.45) is 4.92. The fourth-order valence-corrected chi connectivity index (χ4v) is 14.4. The standard InChI is InChI=1S/C40H36BNSSi/c1-40(2)29-16-13-23-38-39(29)41(32-17-7-12-22-37(32)44(38,3)28-14-5-4-6-15-28)31-25-24-27(26-30(31)40)42-33-18-8-10-20-35(33)43-36-21-11-9-19-34(36)42/h4-8,10,12-18,20,22-26H,9,11,19,21H2,1-3H3. The Balaban J connectivity index is 1.29. The first-order valence-electron chi connectivity index (χ1n) is 16.2. The second-order valence-corrected chi connectivity index (χ2v) is 18.7. The number of benzene rings is 5. The number of thioether (sulfide) groups is 1. The van der Waals surface area contributed by atoms with Gasteiger partial charge in [0.15, 0.2) is 0 Å². The summed E-state index contributed by atoms with van der Waals surface area (Å²) in [5.74, 6) is 0. The third-order valence-corrected chi connectivity index (χ3v) is 16.8. The molecule has 1 aliphatic carbocycles. The van der Waals surface area contributed by atoms with Crippen molar-refractivity contribution in [1.82, 2.24) is 0 Å². The number of rotatable bonds is 2. The van der Waals surface area contributed by atoms with E-state index in [1.54, 1.807) is 20.7 Å². The third-order valence-electron chi connectivity index (χ3n) is 11.0. The first kappa shape index (κ1) is 26.7. The maximum atomic E-state index is 2.61. The molecule has 0 spiro atoms. The van der Waals surface area contributed by atoms with Gasteiger partial charge in [-0.2, -0.15) is 0 Å². The van der Waals surface area contributed by atoms with Crippen molar-refractivity contribution in [3.8, 4) is 0 Å². The second-order valence-electron chi connectivity index (χ2n) is 13.7. The molecule has 214 valence electrons. The number of fused-ring (bicyclic) bond motifs is 5. The molecular formula is C40H36BNSSi. The number of anilines is 2. The van der Waals surface area contributed by atoms with Crippen LogP contribution in [0.3, 0.4) is 0 Å². The number of hydrogen-bond donors (Lipinski definition) is 0. The van der Waals surface area contributed by atoms with Crippen molar-refractivity contribution in [1.29, 1.82) is 0 Å². The topological polar surface area (TPSA) is 3.24 Å². The molecule has 1 unspecified atom stereocenters. The van der Waals surface area contributed by atoms with Gasteiger partial charge in [-0.3, -0.25) is 0 Å². The summed E-state index contributed by atoms with van der Waals surface area (Å²) in [6.45, 7) is 7.77. The zero-order valence-corrected chi connectivity index (χ0v) is 27.5. The molecule has 4 aliphatic rings. The predicted octanol–water partition coefficient (Wildman–Crippen LogP) is 6.28. The Morgan fingerprint density at radius 3 is 2.34 bits per heavy atom. The van der Waals surface area contributed by atoms with Crippen LogP contribution in [-0.2, 0) is 5.41 Å². The Labute approximate surface area is 267 Å². The molecule has 1 nitrogen and oxygen atoms in total. The Bertz CT molecular complexity index is 2010. The SMILES string of the molecule is CC1(C)c2cc(N3C4=C(CCCC4)Sc4ccccc43)ccc2B2c3ccccc3[Si](C)(c3ccccc3)c3cccc1c32. The van der Waals surface area contributed by atoms with Crippen LogP contribution in [0.5, 0.6) is 0 Å². The van der Waals surface area contributed by atoms with Gasteiger partial charge in [0.1, 0.15) is 8.07 Å². The van der Waals surface area contributed by atoms with Crippen LogP contribution >= 0.6 is 11.8 Å². The zero-order chi connectivity index (χ0) is 29.6. The average molecular weight is 602 g/mol. The van der Waals surface area contributed by atoms with E-state index in [9.17, 15) is 0 Å². The summed E-state index contributed by atoms with van der Waals surface area (Å²) in [5, 5.41) is 4.65. The molecule has 0 bridgehead atoms. The van der Waals surface area contributed by atoms with Gasteiger partial charge in [-0.05, 0) is 66.3 Å². The van der Waals surface area contributed by atoms with E-state index in [0.29, 0.717) is 0 Å². The molecule has 0 amide bonds. The highest BCUT2D eigenvalue weighted by Crippen LogP contribution is 2.51. The molecule has 1 atom stereocenters. The monoisotopic (exact) mass is 601 g/mol. The molecule has 0 saturated carbocycles. The summed E-state index contributed by atoms with van der Waals surface area (Å²) in [5.41, 5.74) is 11.6. The molecule has 0 N–H and O–H groups in total. The summed E-state index contributed by atoms with van der Waals surface area (Å²) >= 11 is 2.00. The van der Waals surface area contributed by atoms with Crippen LogP contribution in [0, 0.1) is 0 Å². The fraction of sp³-hybridized carbons (Fsp3) is 0.200. The molecule has 5 aromatic carbocycles. The molecule has 4 heteroatoms. The van der Waals surface area contributed by atoms with Gasteiger partial charge in [0, 0.05) is 26.6 Å². The lowest BCUT2D eigenvalue weighted by Gasteiger charge is -2.47. The van der Waals surface area contributed by atoms with Crippen LogP contribution in [-0.4, -0.2) is 14.8 Å². The highest BCUT2D eigenvalue weighted by atomic mass is 32.2. The van der Waals surface area contributed by atoms with Crippen LogP contribution in [0.4, 0.5) is 11.4 Å². The second kappa shape index (κ2) is 9.63. The third kappa shape index (κ3) is 3.56. The smallest absolute Gasteiger partial charge is 0.241 e. The predicted molar refractivity (Wildman–Crippen MR) is 193 cm³/mol. The van der Waals surface area contributed by atoms with E-state index in [1.165, 1.54) is 68.5 Å². The molecule has 0 radical (unpaired) electrons. The Morgan fingerprint density at radius 2 is 1.45 bits per heavy atom. The highest BCUT2D eigenvalue weighted by Gasteiger charge is 2.51. The lowest BCUT2D eigenvalue weighted by Crippen LogP contribution is -2.83. The largest absolute Gasteiger partial charge is 0.312 e. The van der Waals surface area contributed by atoms with Crippen LogP contribution < -0.4 is 36.8 Å². The van der Waals surface area contributed by atoms with Gasteiger partial charge < -0.3 is 4.90 Å². The van der Waals surface area contributed by atoms with Gasteiger partial charge in [-0.15, -0.1) is 0 Å². The van der Waals surface area contributed by atoms with Gasteiger partial charge in [0.25, 0.3) is 0 Å². The highest BCUT2D eigenvalue weighted by molar-refractivity contribution is 8.03. The van der Waals surface area contributed by atoms with Gasteiger partial charge in [-0.1, -0.05) is 150 Å². The molecule has 3 aliphatic heterocycles. The first-order valence-corrected chi connectivity index (χ1v) is 19.5. The molecule has 3 heterocycles. The van der Waals surface area contributed by atoms with Crippen molar-refractivity contribution in [3.63, 3.8) is 0 Å². The number of hydrogen-bond acceptors (Lipinski definition) is 2. The van der Waals surface area contributed by atoms with Crippen molar-refractivity contribution >= 4 is 69.9 Å². The zero-order valence-electron chi connectivity index (χ0n) is 25.7. The van der Waals surface area contributed by atoms with Gasteiger partial charge in [0.2, 0.25) is 6.71 Å². The minimum Gasteiger partial charge on any atom is -0.312 e. The van der Waals surface area contributed by atoms with Crippen molar-refractivity contribution < 1.29 is 0 Å². The normalized spacial score (nSPS) is 20.7. The van der Waals surface area contributed by atoms with Crippen molar-refractivity contribution in [2.45, 2.75) is 56.4 Å². The van der Waals surface area contributed by atoms with E-state index in [1.807, 2.05) is 11.8 Å². The van der Waals surface area contributed by atoms with Gasteiger partial charge in [0.05, 0.1) is 5.69 Å². The maximum Gasteiger partial charge on any atom is 0.241 e.